The van der Waals surface area contributed by atoms with Crippen molar-refractivity contribution in [3.05, 3.63) is 83.0 Å². The Hall–Kier alpha value is -7.97. The smallest absolute Gasteiger partial charge is 0.295 e. The van der Waals surface area contributed by atoms with Gasteiger partial charge >= 0.3 is 0 Å². The van der Waals surface area contributed by atoms with Gasteiger partial charge in [-0.2, -0.15) is 5.10 Å². The highest BCUT2D eigenvalue weighted by Crippen LogP contribution is 2.37. The van der Waals surface area contributed by atoms with Gasteiger partial charge in [0.2, 0.25) is 35.3 Å². The lowest BCUT2D eigenvalue weighted by Gasteiger charge is -2.39. The van der Waals surface area contributed by atoms with Crippen molar-refractivity contribution in [1.82, 2.24) is 54.1 Å². The summed E-state index contributed by atoms with van der Waals surface area (Å²) in [4.78, 5) is 88.4. The predicted molar refractivity (Wildman–Crippen MR) is 279 cm³/mol. The van der Waals surface area contributed by atoms with Crippen molar-refractivity contribution in [1.29, 1.82) is 0 Å². The molecule has 21 nitrogen and oxygen atoms in total. The van der Waals surface area contributed by atoms with E-state index in [-0.39, 0.29) is 66.0 Å². The molecular formula is C52H68N14O7. The molecule has 73 heavy (non-hydrogen) atoms. The number of carbonyl (C=O) groups excluding carboxylic acids is 5. The maximum Gasteiger partial charge on any atom is 0.295 e. The molecule has 6 N–H and O–H groups in total. The number of nitrogens with one attached hydrogen (secondary N) is 2. The second-order valence-corrected chi connectivity index (χ2v) is 17.5. The summed E-state index contributed by atoms with van der Waals surface area (Å²) in [7, 11) is 0. The average Bonchev–Trinajstić information content (AvgIpc) is 4.12. The Bertz CT molecular complexity index is 3150. The molecule has 0 saturated carbocycles. The third-order valence-electron chi connectivity index (χ3n) is 11.9. The molecule has 6 aromatic heterocycles. The number of carbonyl (C=O) groups is 5. The van der Waals surface area contributed by atoms with Crippen LogP contribution in [0.1, 0.15) is 123 Å². The summed E-state index contributed by atoms with van der Waals surface area (Å²) < 4.78 is 17.7. The molecule has 0 bridgehead atoms. The highest BCUT2D eigenvalue weighted by Gasteiger charge is 2.30. The number of allylic oxidation sites excluding steroid dienone is 2. The molecule has 21 heteroatoms. The molecule has 388 valence electrons. The monoisotopic (exact) mass is 1000 g/mol. The molecule has 5 amide bonds. The Morgan fingerprint density at radius 2 is 1.58 bits per heavy atom. The fourth-order valence-corrected chi connectivity index (χ4v) is 8.51. The fourth-order valence-electron chi connectivity index (χ4n) is 8.51. The van der Waals surface area contributed by atoms with E-state index < -0.39 is 17.7 Å². The van der Waals surface area contributed by atoms with Crippen LogP contribution in [0.2, 0.25) is 0 Å². The Kier molecular flexibility index (Phi) is 18.2. The molecule has 0 atom stereocenters. The topological polar surface area (TPSA) is 279 Å². The first kappa shape index (κ1) is 54.4. The quantitative estimate of drug-likeness (QED) is 0.0565. The van der Waals surface area contributed by atoms with E-state index in [2.05, 4.69) is 30.7 Å². The lowest BCUT2D eigenvalue weighted by molar-refractivity contribution is -0.137. The van der Waals surface area contributed by atoms with Crippen LogP contribution in [0.5, 0.6) is 5.75 Å². The van der Waals surface area contributed by atoms with Crippen molar-refractivity contribution < 1.29 is 33.1 Å². The van der Waals surface area contributed by atoms with Crippen LogP contribution in [-0.2, 0) is 35.6 Å². The molecule has 0 aliphatic carbocycles. The van der Waals surface area contributed by atoms with Gasteiger partial charge in [0.15, 0.2) is 17.4 Å². The molecule has 1 fully saturated rings. The number of rotatable bonds is 20. The van der Waals surface area contributed by atoms with E-state index in [9.17, 15) is 24.0 Å². The number of imidazole rings is 1. The van der Waals surface area contributed by atoms with Crippen LogP contribution in [0, 0.1) is 25.7 Å². The van der Waals surface area contributed by atoms with Crippen LogP contribution in [0.4, 0.5) is 5.95 Å². The highest BCUT2D eigenvalue weighted by atomic mass is 16.5. The molecule has 0 unspecified atom stereocenters. The average molecular weight is 1000 g/mol. The number of oxazole rings is 1. The fraction of sp³-hybridized carbons (Fsp3) is 0.442. The van der Waals surface area contributed by atoms with Gasteiger partial charge in [0.05, 0.1) is 29.1 Å². The number of anilines is 1. The Morgan fingerprint density at radius 3 is 2.25 bits per heavy atom. The summed E-state index contributed by atoms with van der Waals surface area (Å²) in [6.45, 7) is 22.2. The molecular weight excluding hydrogens is 933 g/mol. The van der Waals surface area contributed by atoms with Gasteiger partial charge in [0.1, 0.15) is 22.6 Å². The Labute approximate surface area is 424 Å². The normalized spacial score (nSPS) is 12.5. The van der Waals surface area contributed by atoms with Gasteiger partial charge in [-0.15, -0.1) is 0 Å². The lowest BCUT2D eigenvalue weighted by atomic mass is 9.96. The molecule has 1 aliphatic rings. The van der Waals surface area contributed by atoms with E-state index in [1.807, 2.05) is 89.8 Å². The first-order chi connectivity index (χ1) is 35.1. The van der Waals surface area contributed by atoms with Gasteiger partial charge < -0.3 is 35.4 Å². The SMILES string of the molecule is CC.CC.CCc1nc(C)oc1C(=O)Nc1nc2cc(C(N)=O)cnc2n1C/C=C/Cn1c2nc(-c3cc(C)nn3CC)ncc2c2cc(C(N)=O)cc(OCCC3CN(C(=O)CCNC(=O)CC(C)C)C3)c21. The third-order valence-corrected chi connectivity index (χ3v) is 11.9. The largest absolute Gasteiger partial charge is 0.491 e. The number of primary amides is 2. The summed E-state index contributed by atoms with van der Waals surface area (Å²) in [5.41, 5.74) is 15.9. The van der Waals surface area contributed by atoms with Crippen molar-refractivity contribution in [2.45, 2.75) is 115 Å². The summed E-state index contributed by atoms with van der Waals surface area (Å²) >= 11 is 0. The van der Waals surface area contributed by atoms with Crippen molar-refractivity contribution >= 4 is 68.6 Å². The number of fused-ring (bicyclic) bond motifs is 4. The van der Waals surface area contributed by atoms with E-state index in [1.54, 1.807) is 34.7 Å². The lowest BCUT2D eigenvalue weighted by Crippen LogP contribution is -2.51. The molecule has 0 radical (unpaired) electrons. The minimum absolute atomic E-state index is 0.00849. The number of aryl methyl sites for hydroxylation is 4. The highest BCUT2D eigenvalue weighted by molar-refractivity contribution is 6.12. The van der Waals surface area contributed by atoms with Gasteiger partial charge in [0, 0.05) is 87.8 Å². The molecule has 1 saturated heterocycles. The number of likely N-dealkylation sites (tertiary alicyclic amines) is 1. The number of nitrogens with two attached hydrogens (primary N) is 2. The molecule has 7 aromatic rings. The van der Waals surface area contributed by atoms with E-state index in [1.165, 1.54) is 12.3 Å². The van der Waals surface area contributed by atoms with Gasteiger partial charge in [-0.3, -0.25) is 38.5 Å². The van der Waals surface area contributed by atoms with Crippen LogP contribution >= 0.6 is 0 Å². The standard InChI is InChI=1S/C48H56N14O7.2C2H6/c1-7-34-41(69-28(6)54-34)47(67)57-48-55-35-20-31(43(50)66)22-53-46(35)61(48)15-10-9-14-60-40-32(33-23-52-44(56-45(33)60)36-18-27(5)58-62(36)8-2)19-30(42(49)65)21-37(40)68-16-12-29-24-59(25-29)39(64)11-13-51-38(63)17-26(3)4;2*1-2/h9-10,18-23,26,29H,7-8,11-17,24-25H2,1-6H3,(H2,49,65)(H2,50,66)(H,51,63)(H,55,57,67);2*1-2H3/b10-9+;;. The summed E-state index contributed by atoms with van der Waals surface area (Å²) in [5, 5.41) is 11.6. The van der Waals surface area contributed by atoms with E-state index in [0.717, 1.165) is 11.4 Å². The molecule has 1 aromatic carbocycles. The van der Waals surface area contributed by atoms with Crippen molar-refractivity contribution in [2.75, 3.05) is 31.6 Å². The second kappa shape index (κ2) is 24.4. The number of aromatic nitrogens is 9. The maximum absolute atomic E-state index is 13.6. The molecule has 8 rings (SSSR count). The number of amides is 5. The third kappa shape index (κ3) is 12.4. The van der Waals surface area contributed by atoms with Crippen LogP contribution in [0.25, 0.3) is 44.6 Å². The number of nitrogens with zero attached hydrogens (tertiary/aromatic N) is 10. The molecule has 0 spiro atoms. The number of hydrogen-bond acceptors (Lipinski definition) is 13. The van der Waals surface area contributed by atoms with E-state index >= 15 is 0 Å². The van der Waals surface area contributed by atoms with Crippen LogP contribution in [0.3, 0.4) is 0 Å². The zero-order valence-corrected chi connectivity index (χ0v) is 43.5. The zero-order valence-electron chi connectivity index (χ0n) is 43.5. The number of benzene rings is 1. The van der Waals surface area contributed by atoms with Crippen LogP contribution in [-0.4, -0.2) is 105 Å². The summed E-state index contributed by atoms with van der Waals surface area (Å²) in [6.07, 6.45) is 8.67. The summed E-state index contributed by atoms with van der Waals surface area (Å²) in [5.74, 6) is -0.0310. The van der Waals surface area contributed by atoms with E-state index in [4.69, 9.17) is 30.6 Å². The van der Waals surface area contributed by atoms with Gasteiger partial charge in [-0.25, -0.2) is 24.9 Å². The Morgan fingerprint density at radius 1 is 0.863 bits per heavy atom. The number of ether oxygens (including phenoxy) is 1. The second-order valence-electron chi connectivity index (χ2n) is 17.5. The minimum Gasteiger partial charge on any atom is -0.491 e. The molecule has 7 heterocycles. The van der Waals surface area contributed by atoms with Crippen LogP contribution < -0.4 is 26.8 Å². The zero-order chi connectivity index (χ0) is 53.1. The maximum atomic E-state index is 13.6. The first-order valence-electron chi connectivity index (χ1n) is 25.1. The van der Waals surface area contributed by atoms with Gasteiger partial charge in [-0.1, -0.05) is 60.6 Å². The summed E-state index contributed by atoms with van der Waals surface area (Å²) in [6, 6.07) is 6.79. The minimum atomic E-state index is -0.675. The number of pyridine rings is 1. The Balaban J connectivity index is 0.00000212. The first-order valence-corrected chi connectivity index (χ1v) is 25.1. The number of hydrogen-bond donors (Lipinski definition) is 4. The predicted octanol–water partition coefficient (Wildman–Crippen LogP) is 6.92. The molecule has 1 aliphatic heterocycles. The van der Waals surface area contributed by atoms with Crippen molar-refractivity contribution in [3.8, 4) is 17.3 Å². The van der Waals surface area contributed by atoms with Crippen molar-refractivity contribution in [3.63, 3.8) is 0 Å². The van der Waals surface area contributed by atoms with Crippen molar-refractivity contribution in [2.24, 2.45) is 23.3 Å². The van der Waals surface area contributed by atoms with Gasteiger partial charge in [-0.05, 0) is 62.8 Å². The van der Waals surface area contributed by atoms with Gasteiger partial charge in [0.25, 0.3) is 5.91 Å². The van der Waals surface area contributed by atoms with Crippen LogP contribution in [0.15, 0.2) is 53.2 Å². The van der Waals surface area contributed by atoms with E-state index in [0.29, 0.717) is 108 Å².